The summed E-state index contributed by atoms with van der Waals surface area (Å²) < 4.78 is 86.7. The number of alkyl halides is 6. The van der Waals surface area contributed by atoms with Crippen LogP contribution in [0, 0.1) is 6.42 Å². The van der Waals surface area contributed by atoms with Crippen LogP contribution in [-0.2, 0) is 23.5 Å². The standard InChI is InChI=1S/C11H7F6OS/c12-10(13,14)7-3-6(9-1-2-19(9)18)4-8(5-7)11(15,16)17/h1,3-5,9H,2H2. The average molecular weight is 301 g/mol. The van der Waals surface area contributed by atoms with Crippen molar-refractivity contribution in [3.63, 3.8) is 0 Å². The van der Waals surface area contributed by atoms with Crippen molar-refractivity contribution < 1.29 is 30.9 Å². The van der Waals surface area contributed by atoms with Crippen LogP contribution in [0.3, 0.4) is 0 Å². The highest BCUT2D eigenvalue weighted by molar-refractivity contribution is 7.93. The third-order valence-corrected chi connectivity index (χ3v) is 4.25. The van der Waals surface area contributed by atoms with E-state index in [4.69, 9.17) is 0 Å². The fraction of sp³-hybridized carbons (Fsp3) is 0.364. The Labute approximate surface area is 107 Å². The van der Waals surface area contributed by atoms with Crippen molar-refractivity contribution in [2.75, 3.05) is 5.75 Å². The molecule has 19 heavy (non-hydrogen) atoms. The van der Waals surface area contributed by atoms with Gasteiger partial charge in [-0.1, -0.05) is 0 Å². The largest absolute Gasteiger partial charge is 0.616 e. The Morgan fingerprint density at radius 2 is 1.42 bits per heavy atom. The molecule has 1 heterocycles. The Morgan fingerprint density at radius 3 is 1.68 bits per heavy atom. The van der Waals surface area contributed by atoms with E-state index in [0.29, 0.717) is 12.1 Å². The van der Waals surface area contributed by atoms with Crippen molar-refractivity contribution in [2.45, 2.75) is 17.6 Å². The van der Waals surface area contributed by atoms with Crippen LogP contribution in [0.15, 0.2) is 18.2 Å². The summed E-state index contributed by atoms with van der Waals surface area (Å²) in [6, 6.07) is 1.30. The molecule has 2 atom stereocenters. The summed E-state index contributed by atoms with van der Waals surface area (Å²) in [7, 11) is 0. The molecule has 0 saturated carbocycles. The van der Waals surface area contributed by atoms with E-state index in [1.165, 1.54) is 6.42 Å². The van der Waals surface area contributed by atoms with Crippen LogP contribution >= 0.6 is 0 Å². The van der Waals surface area contributed by atoms with Crippen LogP contribution in [0.2, 0.25) is 0 Å². The van der Waals surface area contributed by atoms with Gasteiger partial charge in [0.15, 0.2) is 0 Å². The quantitative estimate of drug-likeness (QED) is 0.572. The zero-order valence-corrected chi connectivity index (χ0v) is 9.99. The van der Waals surface area contributed by atoms with Gasteiger partial charge < -0.3 is 4.55 Å². The number of rotatable bonds is 1. The maximum absolute atomic E-state index is 12.6. The predicted octanol–water partition coefficient (Wildman–Crippen LogP) is 3.73. The van der Waals surface area contributed by atoms with Crippen molar-refractivity contribution in [2.24, 2.45) is 0 Å². The summed E-state index contributed by atoms with van der Waals surface area (Å²) in [6.45, 7) is 0. The van der Waals surface area contributed by atoms with E-state index in [1.807, 2.05) is 0 Å². The van der Waals surface area contributed by atoms with Crippen molar-refractivity contribution >= 4 is 11.2 Å². The fourth-order valence-corrected chi connectivity index (χ4v) is 2.68. The first kappa shape index (κ1) is 14.5. The second kappa shape index (κ2) is 4.59. The second-order valence-electron chi connectivity index (χ2n) is 4.04. The van der Waals surface area contributed by atoms with Crippen LogP contribution in [0.4, 0.5) is 26.3 Å². The molecule has 105 valence electrons. The van der Waals surface area contributed by atoms with Gasteiger partial charge in [0, 0.05) is 5.56 Å². The highest BCUT2D eigenvalue weighted by atomic mass is 32.2. The van der Waals surface area contributed by atoms with Crippen LogP contribution in [-0.4, -0.2) is 10.3 Å². The van der Waals surface area contributed by atoms with E-state index >= 15 is 0 Å². The first-order chi connectivity index (χ1) is 8.59. The van der Waals surface area contributed by atoms with Crippen LogP contribution < -0.4 is 0 Å². The Hall–Kier alpha value is -0.890. The lowest BCUT2D eigenvalue weighted by atomic mass is 10.0. The zero-order chi connectivity index (χ0) is 14.4. The molecular weight excluding hydrogens is 294 g/mol. The highest BCUT2D eigenvalue weighted by Crippen LogP contribution is 2.41. The molecule has 1 aliphatic rings. The molecule has 1 nitrogen and oxygen atoms in total. The molecule has 0 N–H and O–H groups in total. The van der Waals surface area contributed by atoms with E-state index < -0.39 is 39.9 Å². The first-order valence-electron chi connectivity index (χ1n) is 5.09. The topological polar surface area (TPSA) is 23.1 Å². The SMILES string of the molecule is [O-][S+]1C[CH]C1c1cc(C(F)(F)F)cc(C(F)(F)F)c1. The summed E-state index contributed by atoms with van der Waals surface area (Å²) in [6.07, 6.45) is -8.31. The predicted molar refractivity (Wildman–Crippen MR) is 56.5 cm³/mol. The third-order valence-electron chi connectivity index (χ3n) is 2.70. The van der Waals surface area contributed by atoms with Gasteiger partial charge >= 0.3 is 12.4 Å². The van der Waals surface area contributed by atoms with Crippen molar-refractivity contribution in [1.82, 2.24) is 0 Å². The summed E-state index contributed by atoms with van der Waals surface area (Å²) in [5.74, 6) is 0.183. The molecule has 1 fully saturated rings. The normalized spacial score (nSPS) is 24.2. The molecule has 0 aliphatic carbocycles. The van der Waals surface area contributed by atoms with Crippen LogP contribution in [0.5, 0.6) is 0 Å². The van der Waals surface area contributed by atoms with Crippen molar-refractivity contribution in [1.29, 1.82) is 0 Å². The van der Waals surface area contributed by atoms with Crippen LogP contribution in [0.1, 0.15) is 21.9 Å². The summed E-state index contributed by atoms with van der Waals surface area (Å²) >= 11 is -1.44. The molecule has 1 aliphatic heterocycles. The minimum Gasteiger partial charge on any atom is -0.616 e. The summed E-state index contributed by atoms with van der Waals surface area (Å²) in [5, 5.41) is -0.858. The molecule has 0 amide bonds. The fourth-order valence-electron chi connectivity index (χ4n) is 1.70. The van der Waals surface area contributed by atoms with Crippen molar-refractivity contribution in [3.8, 4) is 0 Å². The van der Waals surface area contributed by atoms with E-state index in [-0.39, 0.29) is 17.4 Å². The molecule has 1 aromatic carbocycles. The monoisotopic (exact) mass is 301 g/mol. The van der Waals surface area contributed by atoms with E-state index in [9.17, 15) is 30.9 Å². The van der Waals surface area contributed by atoms with Gasteiger partial charge in [-0.25, -0.2) is 0 Å². The van der Waals surface area contributed by atoms with E-state index in [2.05, 4.69) is 0 Å². The number of benzene rings is 1. The molecule has 2 rings (SSSR count). The van der Waals surface area contributed by atoms with Crippen LogP contribution in [0.25, 0.3) is 0 Å². The maximum atomic E-state index is 12.6. The van der Waals surface area contributed by atoms with Gasteiger partial charge in [0.05, 0.1) is 17.5 Å². The lowest BCUT2D eigenvalue weighted by Gasteiger charge is -2.30. The summed E-state index contributed by atoms with van der Waals surface area (Å²) in [4.78, 5) is 0. The maximum Gasteiger partial charge on any atom is 0.416 e. The Kier molecular flexibility index (Phi) is 3.51. The molecular formula is C11H7F6OS. The Bertz CT molecular complexity index is 449. The minimum absolute atomic E-state index is 0.0606. The average Bonchev–Trinajstić information content (AvgIpc) is 2.24. The lowest BCUT2D eigenvalue weighted by molar-refractivity contribution is -0.143. The van der Waals surface area contributed by atoms with Gasteiger partial charge in [-0.2, -0.15) is 26.3 Å². The summed E-state index contributed by atoms with van der Waals surface area (Å²) in [5.41, 5.74) is -2.98. The number of hydrogen-bond acceptors (Lipinski definition) is 1. The second-order valence-corrected chi connectivity index (χ2v) is 5.65. The van der Waals surface area contributed by atoms with Gasteiger partial charge in [0.1, 0.15) is 11.0 Å². The molecule has 2 unspecified atom stereocenters. The molecule has 1 saturated heterocycles. The van der Waals surface area contributed by atoms with Gasteiger partial charge in [-0.05, 0) is 29.4 Å². The molecule has 0 aromatic heterocycles. The Balaban J connectivity index is 2.49. The molecule has 0 bridgehead atoms. The lowest BCUT2D eigenvalue weighted by Crippen LogP contribution is -2.30. The molecule has 0 spiro atoms. The smallest absolute Gasteiger partial charge is 0.416 e. The van der Waals surface area contributed by atoms with Gasteiger partial charge in [0.2, 0.25) is 0 Å². The Morgan fingerprint density at radius 1 is 0.947 bits per heavy atom. The molecule has 8 heteroatoms. The number of hydrogen-bond donors (Lipinski definition) is 0. The van der Waals surface area contributed by atoms with Gasteiger partial charge in [-0.15, -0.1) is 0 Å². The number of halogens is 6. The van der Waals surface area contributed by atoms with E-state index in [1.54, 1.807) is 0 Å². The van der Waals surface area contributed by atoms with Gasteiger partial charge in [-0.3, -0.25) is 0 Å². The van der Waals surface area contributed by atoms with Gasteiger partial charge in [0.25, 0.3) is 0 Å². The van der Waals surface area contributed by atoms with E-state index in [0.717, 1.165) is 0 Å². The molecule has 1 radical (unpaired) electrons. The van der Waals surface area contributed by atoms with Crippen molar-refractivity contribution in [3.05, 3.63) is 41.3 Å². The highest BCUT2D eigenvalue weighted by Gasteiger charge is 2.41. The third kappa shape index (κ3) is 3.00. The minimum atomic E-state index is -4.87. The first-order valence-corrected chi connectivity index (χ1v) is 6.47. The zero-order valence-electron chi connectivity index (χ0n) is 9.18. The molecule has 1 aromatic rings.